The summed E-state index contributed by atoms with van der Waals surface area (Å²) in [6.45, 7) is 7.70. The average molecular weight is 289 g/mol. The van der Waals surface area contributed by atoms with E-state index in [2.05, 4.69) is 26.1 Å². The average Bonchev–Trinajstić information content (AvgIpc) is 2.85. The summed E-state index contributed by atoms with van der Waals surface area (Å²) in [5, 5.41) is 3.66. The minimum atomic E-state index is -0.856. The molecule has 1 aliphatic carbocycles. The van der Waals surface area contributed by atoms with E-state index >= 15 is 0 Å². The number of nitrogens with one attached hydrogen (secondary N) is 1. The predicted molar refractivity (Wildman–Crippen MR) is 77.6 cm³/mol. The van der Waals surface area contributed by atoms with Crippen molar-refractivity contribution in [1.82, 2.24) is 5.32 Å². The minimum absolute atomic E-state index is 0.120. The fourth-order valence-electron chi connectivity index (χ4n) is 2.99. The van der Waals surface area contributed by atoms with Crippen LogP contribution in [0.15, 0.2) is 0 Å². The third-order valence-electron chi connectivity index (χ3n) is 4.59. The van der Waals surface area contributed by atoms with Crippen LogP contribution in [0.3, 0.4) is 0 Å². The Balaban J connectivity index is 2.11. The van der Waals surface area contributed by atoms with Crippen LogP contribution in [0.5, 0.6) is 0 Å². The van der Waals surface area contributed by atoms with Gasteiger partial charge in [-0.25, -0.2) is 0 Å². The van der Waals surface area contributed by atoms with Gasteiger partial charge in [-0.3, -0.25) is 4.21 Å². The fraction of sp³-hybridized carbons (Fsp3) is 1.00. The minimum Gasteiger partial charge on any atom is -0.347 e. The van der Waals surface area contributed by atoms with Gasteiger partial charge in [-0.15, -0.1) is 0 Å². The predicted octanol–water partition coefficient (Wildman–Crippen LogP) is 1.66. The van der Waals surface area contributed by atoms with Crippen LogP contribution in [0.4, 0.5) is 0 Å². The van der Waals surface area contributed by atoms with Gasteiger partial charge in [0.1, 0.15) is 0 Å². The molecule has 4 nitrogen and oxygen atoms in total. The molecule has 0 radical (unpaired) electrons. The van der Waals surface area contributed by atoms with Crippen molar-refractivity contribution in [2.45, 2.75) is 62.4 Å². The van der Waals surface area contributed by atoms with Crippen molar-refractivity contribution in [2.75, 3.05) is 20.3 Å². The van der Waals surface area contributed by atoms with Crippen LogP contribution >= 0.6 is 0 Å². The molecular formula is C14H27NO3S. The van der Waals surface area contributed by atoms with E-state index < -0.39 is 16.6 Å². The quantitative estimate of drug-likeness (QED) is 0.855. The molecule has 0 amide bonds. The molecule has 4 atom stereocenters. The maximum atomic E-state index is 12.8. The Morgan fingerprint density at radius 2 is 1.89 bits per heavy atom. The van der Waals surface area contributed by atoms with E-state index in [1.54, 1.807) is 0 Å². The molecule has 5 heteroatoms. The first-order chi connectivity index (χ1) is 8.99. The summed E-state index contributed by atoms with van der Waals surface area (Å²) in [4.78, 5) is 0. The Kier molecular flexibility index (Phi) is 5.04. The molecule has 112 valence electrons. The van der Waals surface area contributed by atoms with E-state index in [1.165, 1.54) is 0 Å². The van der Waals surface area contributed by atoms with Crippen molar-refractivity contribution in [3.05, 3.63) is 0 Å². The highest BCUT2D eigenvalue weighted by Crippen LogP contribution is 2.38. The molecule has 1 spiro atoms. The van der Waals surface area contributed by atoms with Gasteiger partial charge in [0.2, 0.25) is 0 Å². The van der Waals surface area contributed by atoms with Crippen molar-refractivity contribution in [1.29, 1.82) is 0 Å². The second-order valence-electron chi connectivity index (χ2n) is 6.06. The topological polar surface area (TPSA) is 47.6 Å². The van der Waals surface area contributed by atoms with Crippen LogP contribution in [0, 0.1) is 5.92 Å². The SMILES string of the molecule is CNC1CCC2(CC1S(=O)C(C)C(C)C)OCCO2. The zero-order valence-electron chi connectivity index (χ0n) is 12.5. The van der Waals surface area contributed by atoms with Gasteiger partial charge >= 0.3 is 0 Å². The van der Waals surface area contributed by atoms with Gasteiger partial charge in [0.05, 0.1) is 18.5 Å². The van der Waals surface area contributed by atoms with Crippen molar-refractivity contribution in [2.24, 2.45) is 5.92 Å². The first-order valence-electron chi connectivity index (χ1n) is 7.33. The molecule has 2 aliphatic rings. The van der Waals surface area contributed by atoms with Crippen molar-refractivity contribution in [3.8, 4) is 0 Å². The standard InChI is InChI=1S/C14H27NO3S/c1-10(2)11(3)19(16)13-9-14(17-7-8-18-14)6-5-12(13)15-4/h10-13,15H,5-9H2,1-4H3. The lowest BCUT2D eigenvalue weighted by atomic mass is 9.89. The highest BCUT2D eigenvalue weighted by molar-refractivity contribution is 7.86. The maximum Gasteiger partial charge on any atom is 0.169 e. The molecule has 4 unspecified atom stereocenters. The monoisotopic (exact) mass is 289 g/mol. The molecule has 0 aromatic heterocycles. The lowest BCUT2D eigenvalue weighted by molar-refractivity contribution is -0.178. The number of hydrogen-bond acceptors (Lipinski definition) is 4. The molecule has 0 bridgehead atoms. The highest BCUT2D eigenvalue weighted by Gasteiger charge is 2.47. The molecular weight excluding hydrogens is 262 g/mol. The summed E-state index contributed by atoms with van der Waals surface area (Å²) >= 11 is 0. The van der Waals surface area contributed by atoms with Crippen LogP contribution < -0.4 is 5.32 Å². The first kappa shape index (κ1) is 15.4. The molecule has 1 aliphatic heterocycles. The number of hydrogen-bond donors (Lipinski definition) is 1. The number of ether oxygens (including phenoxy) is 2. The lowest BCUT2D eigenvalue weighted by Crippen LogP contribution is -2.53. The Morgan fingerprint density at radius 1 is 1.26 bits per heavy atom. The third kappa shape index (κ3) is 3.20. The van der Waals surface area contributed by atoms with Crippen molar-refractivity contribution < 1.29 is 13.7 Å². The van der Waals surface area contributed by atoms with Gasteiger partial charge in [0.15, 0.2) is 5.79 Å². The van der Waals surface area contributed by atoms with Crippen LogP contribution in [0.25, 0.3) is 0 Å². The molecule has 0 aromatic carbocycles. The second kappa shape index (κ2) is 6.20. The summed E-state index contributed by atoms with van der Waals surface area (Å²) in [5.41, 5.74) is 0. The smallest absolute Gasteiger partial charge is 0.169 e. The Morgan fingerprint density at radius 3 is 2.42 bits per heavy atom. The Bertz CT molecular complexity index is 329. The van der Waals surface area contributed by atoms with E-state index in [9.17, 15) is 4.21 Å². The maximum absolute atomic E-state index is 12.8. The lowest BCUT2D eigenvalue weighted by Gasteiger charge is -2.41. The first-order valence-corrected chi connectivity index (χ1v) is 8.61. The fourth-order valence-corrected chi connectivity index (χ4v) is 5.09. The molecule has 1 heterocycles. The zero-order valence-corrected chi connectivity index (χ0v) is 13.3. The molecule has 1 saturated heterocycles. The summed E-state index contributed by atoms with van der Waals surface area (Å²) < 4.78 is 24.4. The summed E-state index contributed by atoms with van der Waals surface area (Å²) in [6, 6.07) is 0.306. The molecule has 2 fully saturated rings. The summed E-state index contributed by atoms with van der Waals surface area (Å²) in [5.74, 6) is -0.0219. The molecule has 1 N–H and O–H groups in total. The Labute approximate surface area is 119 Å². The van der Waals surface area contributed by atoms with E-state index in [-0.39, 0.29) is 10.5 Å². The molecule has 2 rings (SSSR count). The van der Waals surface area contributed by atoms with E-state index in [0.717, 1.165) is 19.3 Å². The largest absolute Gasteiger partial charge is 0.347 e. The van der Waals surface area contributed by atoms with Crippen LogP contribution in [0.2, 0.25) is 0 Å². The van der Waals surface area contributed by atoms with Crippen LogP contribution in [-0.2, 0) is 20.3 Å². The van der Waals surface area contributed by atoms with Gasteiger partial charge in [-0.2, -0.15) is 0 Å². The summed E-state index contributed by atoms with van der Waals surface area (Å²) in [7, 11) is 1.11. The highest BCUT2D eigenvalue weighted by atomic mass is 32.2. The van der Waals surface area contributed by atoms with Crippen molar-refractivity contribution in [3.63, 3.8) is 0 Å². The van der Waals surface area contributed by atoms with Gasteiger partial charge in [-0.1, -0.05) is 20.8 Å². The van der Waals surface area contributed by atoms with Gasteiger partial charge in [0.25, 0.3) is 0 Å². The van der Waals surface area contributed by atoms with Crippen LogP contribution in [0.1, 0.15) is 40.0 Å². The molecule has 1 saturated carbocycles. The van der Waals surface area contributed by atoms with Gasteiger partial charge < -0.3 is 14.8 Å². The second-order valence-corrected chi connectivity index (χ2v) is 8.07. The molecule has 19 heavy (non-hydrogen) atoms. The van der Waals surface area contributed by atoms with Gasteiger partial charge in [0, 0.05) is 34.9 Å². The zero-order chi connectivity index (χ0) is 14.0. The summed E-state index contributed by atoms with van der Waals surface area (Å²) in [6.07, 6.45) is 2.63. The molecule has 0 aromatic rings. The van der Waals surface area contributed by atoms with Crippen molar-refractivity contribution >= 4 is 10.8 Å². The third-order valence-corrected chi connectivity index (χ3v) is 6.95. The van der Waals surface area contributed by atoms with E-state index in [0.29, 0.717) is 25.2 Å². The van der Waals surface area contributed by atoms with E-state index in [4.69, 9.17) is 9.47 Å². The Hall–Kier alpha value is 0.0300. The van der Waals surface area contributed by atoms with E-state index in [1.807, 2.05) is 7.05 Å². The number of rotatable bonds is 4. The van der Waals surface area contributed by atoms with Gasteiger partial charge in [-0.05, 0) is 19.4 Å². The van der Waals surface area contributed by atoms with Crippen LogP contribution in [-0.4, -0.2) is 46.8 Å². The normalized spacial score (nSPS) is 33.7.